The molecule has 3 aliphatic heterocycles. The van der Waals surface area contributed by atoms with Crippen LogP contribution in [-0.4, -0.2) is 48.3 Å². The molecular formula is C25H19F2N5O7. The smallest absolute Gasteiger partial charge is 0.322 e. The van der Waals surface area contributed by atoms with Gasteiger partial charge in [-0.05, 0) is 30.7 Å². The van der Waals surface area contributed by atoms with E-state index in [1.54, 1.807) is 0 Å². The number of carbonyl (C=O) groups excluding carboxylic acids is 5. The molecule has 1 aromatic heterocycles. The second-order valence-electron chi connectivity index (χ2n) is 9.60. The van der Waals surface area contributed by atoms with Gasteiger partial charge >= 0.3 is 12.1 Å². The zero-order valence-electron chi connectivity index (χ0n) is 20.4. The Bertz CT molecular complexity index is 1670. The van der Waals surface area contributed by atoms with Crippen LogP contribution in [-0.2, 0) is 27.2 Å². The molecule has 0 aliphatic carbocycles. The lowest BCUT2D eigenvalue weighted by Crippen LogP contribution is -2.52. The Hall–Kier alpha value is -5.01. The highest BCUT2D eigenvalue weighted by atomic mass is 19.1. The van der Waals surface area contributed by atoms with Gasteiger partial charge in [0.05, 0.1) is 19.2 Å². The first-order chi connectivity index (χ1) is 18.5. The number of nitrogens with one attached hydrogen (secondary N) is 4. The molecule has 0 unspecified atom stereocenters. The maximum Gasteiger partial charge on any atom is 0.322 e. The number of furan rings is 1. The average Bonchev–Trinajstić information content (AvgIpc) is 3.58. The molecular weight excluding hydrogens is 520 g/mol. The lowest BCUT2D eigenvalue weighted by Gasteiger charge is -2.29. The van der Waals surface area contributed by atoms with E-state index in [9.17, 15) is 28.4 Å². The summed E-state index contributed by atoms with van der Waals surface area (Å²) in [6.07, 6.45) is 0. The van der Waals surface area contributed by atoms with Crippen molar-refractivity contribution in [2.45, 2.75) is 24.5 Å². The van der Waals surface area contributed by atoms with Crippen molar-refractivity contribution in [2.24, 2.45) is 0 Å². The maximum atomic E-state index is 15.1. The first-order valence-corrected chi connectivity index (χ1v) is 11.6. The minimum atomic E-state index is -1.94. The van der Waals surface area contributed by atoms with Gasteiger partial charge in [0.25, 0.3) is 17.7 Å². The van der Waals surface area contributed by atoms with Gasteiger partial charge < -0.3 is 24.7 Å². The van der Waals surface area contributed by atoms with Crippen molar-refractivity contribution in [1.82, 2.24) is 26.2 Å². The maximum absolute atomic E-state index is 15.1. The number of benzene rings is 2. The molecule has 0 saturated carbocycles. The minimum Gasteiger partial charge on any atom is -0.494 e. The predicted octanol–water partition coefficient (Wildman–Crippen LogP) is 1.46. The zero-order valence-corrected chi connectivity index (χ0v) is 20.4. The predicted molar refractivity (Wildman–Crippen MR) is 126 cm³/mol. The summed E-state index contributed by atoms with van der Waals surface area (Å²) in [6.45, 7) is 0.826. The Kier molecular flexibility index (Phi) is 4.99. The molecule has 2 fully saturated rings. The van der Waals surface area contributed by atoms with Crippen molar-refractivity contribution < 1.29 is 41.9 Å². The van der Waals surface area contributed by atoms with Gasteiger partial charge in [-0.3, -0.25) is 25.0 Å². The van der Waals surface area contributed by atoms with Gasteiger partial charge in [-0.15, -0.1) is 0 Å². The fourth-order valence-corrected chi connectivity index (χ4v) is 5.21. The van der Waals surface area contributed by atoms with Crippen LogP contribution < -0.4 is 26.0 Å². The number of fused-ring (bicyclic) bond motifs is 2. The molecule has 7 amide bonds. The van der Waals surface area contributed by atoms with Gasteiger partial charge in [-0.2, -0.15) is 0 Å². The summed E-state index contributed by atoms with van der Waals surface area (Å²) >= 11 is 0. The van der Waals surface area contributed by atoms with Crippen molar-refractivity contribution in [1.29, 1.82) is 0 Å². The monoisotopic (exact) mass is 539 g/mol. The first kappa shape index (κ1) is 24.3. The highest BCUT2D eigenvalue weighted by Gasteiger charge is 2.53. The molecule has 6 rings (SSSR count). The fraction of sp³-hybridized carbons (Fsp3) is 0.240. The Morgan fingerprint density at radius 3 is 2.36 bits per heavy atom. The number of hydrogen-bond acceptors (Lipinski definition) is 7. The third-order valence-electron chi connectivity index (χ3n) is 7.25. The molecule has 0 radical (unpaired) electrons. The number of halogens is 2. The quantitative estimate of drug-likeness (QED) is 0.357. The molecule has 2 aromatic carbocycles. The Morgan fingerprint density at radius 1 is 1.00 bits per heavy atom. The third kappa shape index (κ3) is 3.37. The van der Waals surface area contributed by atoms with Gasteiger partial charge in [0, 0.05) is 23.6 Å². The summed E-state index contributed by atoms with van der Waals surface area (Å²) in [4.78, 5) is 63.8. The first-order valence-electron chi connectivity index (χ1n) is 11.6. The summed E-state index contributed by atoms with van der Waals surface area (Å²) in [5.74, 6) is -4.31. The number of methoxy groups -OCH3 is 1. The number of imide groups is 2. The van der Waals surface area contributed by atoms with Crippen LogP contribution in [0.5, 0.6) is 5.75 Å². The molecule has 2 saturated heterocycles. The van der Waals surface area contributed by atoms with E-state index < -0.39 is 59.0 Å². The molecule has 4 heterocycles. The largest absolute Gasteiger partial charge is 0.494 e. The molecule has 0 spiro atoms. The Labute approximate surface area is 217 Å². The van der Waals surface area contributed by atoms with E-state index in [4.69, 9.17) is 9.15 Å². The normalized spacial score (nSPS) is 24.1. The zero-order chi connectivity index (χ0) is 27.9. The van der Waals surface area contributed by atoms with Crippen LogP contribution in [0, 0.1) is 11.6 Å². The number of rotatable bonds is 5. The van der Waals surface area contributed by atoms with Crippen LogP contribution in [0.15, 0.2) is 34.7 Å². The van der Waals surface area contributed by atoms with Crippen LogP contribution in [0.25, 0.3) is 11.0 Å². The van der Waals surface area contributed by atoms with Crippen LogP contribution >= 0.6 is 0 Å². The van der Waals surface area contributed by atoms with Crippen molar-refractivity contribution in [3.63, 3.8) is 0 Å². The number of nitrogens with zero attached hydrogens (tertiary/aromatic N) is 1. The summed E-state index contributed by atoms with van der Waals surface area (Å²) in [5.41, 5.74) is -3.68. The third-order valence-corrected chi connectivity index (χ3v) is 7.25. The fourth-order valence-electron chi connectivity index (χ4n) is 5.21. The topological polar surface area (TPSA) is 159 Å². The van der Waals surface area contributed by atoms with E-state index in [-0.39, 0.29) is 40.2 Å². The van der Waals surface area contributed by atoms with Crippen LogP contribution in [0.1, 0.15) is 34.2 Å². The van der Waals surface area contributed by atoms with Crippen LogP contribution in [0.3, 0.4) is 0 Å². The molecule has 14 heteroatoms. The number of urea groups is 2. The second-order valence-corrected chi connectivity index (χ2v) is 9.60. The van der Waals surface area contributed by atoms with Gasteiger partial charge in [0.15, 0.2) is 17.1 Å². The van der Waals surface area contributed by atoms with Crippen molar-refractivity contribution in [2.75, 3.05) is 13.7 Å². The van der Waals surface area contributed by atoms with E-state index in [1.165, 1.54) is 43.2 Å². The van der Waals surface area contributed by atoms with Crippen molar-refractivity contribution >= 4 is 40.8 Å². The number of ether oxygens (including phenoxy) is 1. The molecule has 2 atom stereocenters. The summed E-state index contributed by atoms with van der Waals surface area (Å²) in [7, 11) is 1.26. The highest BCUT2D eigenvalue weighted by molar-refractivity contribution is 6.09. The summed E-state index contributed by atoms with van der Waals surface area (Å²) in [6, 6.07) is 4.88. The van der Waals surface area contributed by atoms with Gasteiger partial charge in [0.1, 0.15) is 22.7 Å². The van der Waals surface area contributed by atoms with Gasteiger partial charge in [-0.25, -0.2) is 18.4 Å². The number of carbonyl (C=O) groups is 5. The molecule has 4 N–H and O–H groups in total. The highest BCUT2D eigenvalue weighted by Crippen LogP contribution is 2.38. The van der Waals surface area contributed by atoms with Crippen molar-refractivity contribution in [3.05, 3.63) is 64.4 Å². The lowest BCUT2D eigenvalue weighted by atomic mass is 9.90. The number of hydrogen-bond donors (Lipinski definition) is 4. The summed E-state index contributed by atoms with van der Waals surface area (Å²) < 4.78 is 40.8. The second kappa shape index (κ2) is 7.99. The molecule has 3 aliphatic rings. The Morgan fingerprint density at radius 2 is 1.72 bits per heavy atom. The molecule has 0 bridgehead atoms. The molecule has 3 aromatic rings. The van der Waals surface area contributed by atoms with Gasteiger partial charge in [-0.1, -0.05) is 6.07 Å². The average molecular weight is 539 g/mol. The molecule has 12 nitrogen and oxygen atoms in total. The number of amides is 7. The van der Waals surface area contributed by atoms with Crippen LogP contribution in [0.4, 0.5) is 18.4 Å². The van der Waals surface area contributed by atoms with E-state index >= 15 is 4.39 Å². The standard InChI is InChI=1S/C25H19F2N5O7/c1-24(20(34)28-22(36)30-24)12-5-11-6-16(39-15(11)7-13(12)26)25(21(35)29-23(37)31-25)9-32-8-10-3-4-14(38-2)18(27)17(10)19(32)33/h3-7H,8-9H2,1-2H3,(H2,28,30,34,36)(H2,29,31,35,37)/t24-,25+/m1/s1. The van der Waals surface area contributed by atoms with Crippen LogP contribution in [0.2, 0.25) is 0 Å². The van der Waals surface area contributed by atoms with E-state index in [0.29, 0.717) is 5.56 Å². The Balaban J connectivity index is 1.41. The molecule has 39 heavy (non-hydrogen) atoms. The lowest BCUT2D eigenvalue weighted by molar-refractivity contribution is -0.125. The SMILES string of the molecule is COc1ccc2c(c1F)C(=O)N(C[C@@]1(c3cc4cc([C@@]5(C)NC(=O)NC5=O)c(F)cc4o3)NC(=O)NC1=O)C2. The van der Waals surface area contributed by atoms with E-state index in [0.717, 1.165) is 6.07 Å². The molecule has 200 valence electrons. The van der Waals surface area contributed by atoms with E-state index in [2.05, 4.69) is 21.3 Å². The van der Waals surface area contributed by atoms with Crippen molar-refractivity contribution in [3.8, 4) is 5.75 Å². The van der Waals surface area contributed by atoms with E-state index in [1.807, 2.05) is 0 Å². The van der Waals surface area contributed by atoms with Gasteiger partial charge in [0.2, 0.25) is 0 Å². The minimum absolute atomic E-state index is 0.0280. The summed E-state index contributed by atoms with van der Waals surface area (Å²) in [5, 5.41) is 9.30.